The number of carbonyl (C=O) groups excluding carboxylic acids is 1. The molecule has 84 valence electrons. The Morgan fingerprint density at radius 1 is 1.24 bits per heavy atom. The van der Waals surface area contributed by atoms with Gasteiger partial charge in [-0.3, -0.25) is 9.79 Å². The number of hydrogen-bond acceptors (Lipinski definition) is 3. The van der Waals surface area contributed by atoms with E-state index in [0.717, 1.165) is 28.1 Å². The van der Waals surface area contributed by atoms with Crippen molar-refractivity contribution in [2.75, 3.05) is 6.54 Å². The van der Waals surface area contributed by atoms with E-state index in [2.05, 4.69) is 9.98 Å². The maximum Gasteiger partial charge on any atom is 0.277 e. The molecule has 2 N–H and O–H groups in total. The van der Waals surface area contributed by atoms with Crippen LogP contribution in [0.15, 0.2) is 22.1 Å². The summed E-state index contributed by atoms with van der Waals surface area (Å²) >= 11 is 0. The van der Waals surface area contributed by atoms with E-state index in [1.165, 1.54) is 6.21 Å². The molecule has 1 aromatic rings. The Bertz CT molecular complexity index is 683. The lowest BCUT2D eigenvalue weighted by Gasteiger charge is -2.03. The van der Waals surface area contributed by atoms with Crippen molar-refractivity contribution >= 4 is 35.7 Å². The highest BCUT2D eigenvalue weighted by molar-refractivity contribution is 6.11. The summed E-state index contributed by atoms with van der Waals surface area (Å²) in [6, 6.07) is 3.80. The third-order valence-corrected chi connectivity index (χ3v) is 2.96. The molecular formula is C13H11N3O. The normalized spacial score (nSPS) is 15.8. The number of benzene rings is 1. The molecule has 0 atom stereocenters. The highest BCUT2D eigenvalue weighted by Crippen LogP contribution is 2.14. The van der Waals surface area contributed by atoms with Crippen LogP contribution in [0.25, 0.3) is 11.6 Å². The van der Waals surface area contributed by atoms with Crippen molar-refractivity contribution in [2.24, 2.45) is 15.7 Å². The van der Waals surface area contributed by atoms with Crippen molar-refractivity contribution in [3.63, 3.8) is 0 Å². The van der Waals surface area contributed by atoms with E-state index >= 15 is 0 Å². The van der Waals surface area contributed by atoms with Gasteiger partial charge >= 0.3 is 0 Å². The number of amides is 1. The second-order valence-electron chi connectivity index (χ2n) is 4.03. The molecule has 1 aromatic carbocycles. The van der Waals surface area contributed by atoms with Crippen LogP contribution in [0.2, 0.25) is 0 Å². The highest BCUT2D eigenvalue weighted by Gasteiger charge is 2.14. The summed E-state index contributed by atoms with van der Waals surface area (Å²) in [7, 11) is 0. The molecule has 0 aliphatic carbocycles. The zero-order chi connectivity index (χ0) is 11.8. The molecule has 0 bridgehead atoms. The molecule has 4 heteroatoms. The van der Waals surface area contributed by atoms with Gasteiger partial charge in [0.2, 0.25) is 0 Å². The topological polar surface area (TPSA) is 67.8 Å². The summed E-state index contributed by atoms with van der Waals surface area (Å²) in [6.45, 7) is 0.579. The molecule has 0 unspecified atom stereocenters. The standard InChI is InChI=1S/C13H11N3O/c14-3-1-9-7-16-12-5-8-2-4-15-13(17)11(8)6-10(9)12/h2,4-7H,1,3,14H2. The predicted molar refractivity (Wildman–Crippen MR) is 68.2 cm³/mol. The second-order valence-corrected chi connectivity index (χ2v) is 4.03. The van der Waals surface area contributed by atoms with Crippen LogP contribution in [-0.2, 0) is 0 Å². The number of nitrogens with zero attached hydrogens (tertiary/aromatic N) is 2. The lowest BCUT2D eigenvalue weighted by Crippen LogP contribution is -2.22. The molecule has 0 saturated carbocycles. The molecular weight excluding hydrogens is 214 g/mol. The van der Waals surface area contributed by atoms with E-state index in [-0.39, 0.29) is 5.91 Å². The third kappa shape index (κ3) is 1.54. The van der Waals surface area contributed by atoms with Gasteiger partial charge in [-0.25, -0.2) is 4.99 Å². The summed E-state index contributed by atoms with van der Waals surface area (Å²) < 4.78 is 0. The minimum atomic E-state index is -0.190. The fourth-order valence-electron chi connectivity index (χ4n) is 2.12. The number of carbonyl (C=O) groups is 1. The molecule has 0 aromatic heterocycles. The quantitative estimate of drug-likeness (QED) is 0.764. The summed E-state index contributed by atoms with van der Waals surface area (Å²) in [5.74, 6) is -0.190. The zero-order valence-corrected chi connectivity index (χ0v) is 9.18. The number of hydrogen-bond donors (Lipinski definition) is 1. The molecule has 17 heavy (non-hydrogen) atoms. The Hall–Kier alpha value is -2.07. The fraction of sp³-hybridized carbons (Fsp3) is 0.154. The van der Waals surface area contributed by atoms with Crippen LogP contribution in [-0.4, -0.2) is 24.9 Å². The van der Waals surface area contributed by atoms with Crippen molar-refractivity contribution in [3.8, 4) is 0 Å². The Balaban J connectivity index is 2.29. The number of rotatable bonds is 2. The molecule has 4 nitrogen and oxygen atoms in total. The third-order valence-electron chi connectivity index (χ3n) is 2.96. The van der Waals surface area contributed by atoms with Crippen LogP contribution < -0.4 is 16.2 Å². The average molecular weight is 225 g/mol. The Morgan fingerprint density at radius 3 is 2.94 bits per heavy atom. The van der Waals surface area contributed by atoms with Gasteiger partial charge in [0.1, 0.15) is 0 Å². The lowest BCUT2D eigenvalue weighted by atomic mass is 10.0. The summed E-state index contributed by atoms with van der Waals surface area (Å²) in [6.07, 6.45) is 5.96. The maximum atomic E-state index is 11.7. The van der Waals surface area contributed by atoms with Gasteiger partial charge in [0.25, 0.3) is 5.91 Å². The monoisotopic (exact) mass is 225 g/mol. The summed E-state index contributed by atoms with van der Waals surface area (Å²) in [4.78, 5) is 19.8. The van der Waals surface area contributed by atoms with Crippen LogP contribution in [0.1, 0.15) is 16.8 Å². The van der Waals surface area contributed by atoms with Crippen molar-refractivity contribution < 1.29 is 4.79 Å². The van der Waals surface area contributed by atoms with Crippen LogP contribution in [0, 0.1) is 0 Å². The molecule has 2 aliphatic rings. The molecule has 3 rings (SSSR count). The minimum Gasteiger partial charge on any atom is -0.330 e. The van der Waals surface area contributed by atoms with Gasteiger partial charge in [-0.15, -0.1) is 0 Å². The van der Waals surface area contributed by atoms with E-state index in [4.69, 9.17) is 5.73 Å². The molecule has 0 fully saturated rings. The first-order valence-electron chi connectivity index (χ1n) is 5.49. The average Bonchev–Trinajstić information content (AvgIpc) is 2.71. The van der Waals surface area contributed by atoms with Crippen molar-refractivity contribution in [2.45, 2.75) is 6.42 Å². The first-order chi connectivity index (χ1) is 8.29. The van der Waals surface area contributed by atoms with Crippen molar-refractivity contribution in [1.82, 2.24) is 0 Å². The molecule has 0 radical (unpaired) electrons. The second kappa shape index (κ2) is 3.75. The number of aliphatic imine (C=N–C) groups is 2. The molecule has 0 spiro atoms. The van der Waals surface area contributed by atoms with Crippen LogP contribution in [0.5, 0.6) is 0 Å². The number of nitrogens with two attached hydrogens (primary N) is 1. The largest absolute Gasteiger partial charge is 0.330 e. The first-order valence-corrected chi connectivity index (χ1v) is 5.49. The van der Waals surface area contributed by atoms with E-state index in [1.807, 2.05) is 24.4 Å². The number of fused-ring (bicyclic) bond motifs is 2. The van der Waals surface area contributed by atoms with E-state index in [9.17, 15) is 4.79 Å². The Morgan fingerprint density at radius 2 is 2.12 bits per heavy atom. The first kappa shape index (κ1) is 10.1. The molecule has 1 amide bonds. The van der Waals surface area contributed by atoms with E-state index in [0.29, 0.717) is 12.1 Å². The Labute approximate surface area is 97.9 Å². The van der Waals surface area contributed by atoms with E-state index in [1.54, 1.807) is 0 Å². The van der Waals surface area contributed by atoms with Gasteiger partial charge < -0.3 is 5.73 Å². The van der Waals surface area contributed by atoms with Gasteiger partial charge in [0, 0.05) is 23.2 Å². The maximum absolute atomic E-state index is 11.7. The summed E-state index contributed by atoms with van der Waals surface area (Å²) in [5.41, 5.74) is 8.20. The van der Waals surface area contributed by atoms with Gasteiger partial charge in [0.05, 0.1) is 5.69 Å². The highest BCUT2D eigenvalue weighted by atomic mass is 16.1. The summed E-state index contributed by atoms with van der Waals surface area (Å²) in [5, 5.41) is 1.89. The van der Waals surface area contributed by atoms with Gasteiger partial charge in [-0.05, 0) is 42.0 Å². The molecule has 2 heterocycles. The Kier molecular flexibility index (Phi) is 2.23. The predicted octanol–water partition coefficient (Wildman–Crippen LogP) is -0.0929. The minimum absolute atomic E-state index is 0.190. The zero-order valence-electron chi connectivity index (χ0n) is 9.18. The van der Waals surface area contributed by atoms with Crippen LogP contribution in [0.4, 0.5) is 5.69 Å². The van der Waals surface area contributed by atoms with Crippen molar-refractivity contribution in [1.29, 1.82) is 0 Å². The van der Waals surface area contributed by atoms with Crippen LogP contribution in [0.3, 0.4) is 0 Å². The van der Waals surface area contributed by atoms with Gasteiger partial charge in [-0.1, -0.05) is 0 Å². The van der Waals surface area contributed by atoms with Crippen molar-refractivity contribution in [3.05, 3.63) is 28.1 Å². The fourth-order valence-corrected chi connectivity index (χ4v) is 2.12. The molecule has 0 saturated heterocycles. The molecule has 2 aliphatic heterocycles. The lowest BCUT2D eigenvalue weighted by molar-refractivity contribution is 0.100. The van der Waals surface area contributed by atoms with Gasteiger partial charge in [-0.2, -0.15) is 0 Å². The van der Waals surface area contributed by atoms with Crippen LogP contribution >= 0.6 is 0 Å². The smallest absolute Gasteiger partial charge is 0.277 e. The van der Waals surface area contributed by atoms with E-state index < -0.39 is 0 Å². The SMILES string of the molecule is NCCC1=c2cc3c(cc2N=C1)=CC=NC3=O. The van der Waals surface area contributed by atoms with Gasteiger partial charge in [0.15, 0.2) is 0 Å².